The fraction of sp³-hybridized carbons (Fsp3) is 0.357. The molecule has 0 radical (unpaired) electrons. The quantitative estimate of drug-likeness (QED) is 0.834. The highest BCUT2D eigenvalue weighted by Crippen LogP contribution is 2.36. The first kappa shape index (κ1) is 12.8. The molecule has 2 aromatic heterocycles. The number of amides is 1. The SMILES string of the molecule is CCC1c2ccsc2CCN1C(=O)c1ccoc1Cl. The highest BCUT2D eigenvalue weighted by Gasteiger charge is 2.32. The Labute approximate surface area is 120 Å². The van der Waals surface area contributed by atoms with Crippen LogP contribution >= 0.6 is 22.9 Å². The van der Waals surface area contributed by atoms with Crippen LogP contribution in [0.2, 0.25) is 5.22 Å². The number of halogens is 1. The van der Waals surface area contributed by atoms with E-state index in [0.29, 0.717) is 5.56 Å². The predicted molar refractivity (Wildman–Crippen MR) is 75.8 cm³/mol. The summed E-state index contributed by atoms with van der Waals surface area (Å²) < 4.78 is 5.02. The van der Waals surface area contributed by atoms with Crippen LogP contribution in [-0.2, 0) is 6.42 Å². The highest BCUT2D eigenvalue weighted by atomic mass is 35.5. The summed E-state index contributed by atoms with van der Waals surface area (Å²) in [5.74, 6) is -0.0394. The van der Waals surface area contributed by atoms with E-state index in [9.17, 15) is 4.79 Å². The van der Waals surface area contributed by atoms with Crippen molar-refractivity contribution < 1.29 is 9.21 Å². The Morgan fingerprint density at radius 3 is 3.11 bits per heavy atom. The minimum Gasteiger partial charge on any atom is -0.452 e. The van der Waals surface area contributed by atoms with Crippen LogP contribution in [0.1, 0.15) is 40.2 Å². The van der Waals surface area contributed by atoms with Crippen LogP contribution in [-0.4, -0.2) is 17.4 Å². The average Bonchev–Trinajstić information content (AvgIpc) is 3.04. The summed E-state index contributed by atoms with van der Waals surface area (Å²) in [5, 5.41) is 2.28. The van der Waals surface area contributed by atoms with Gasteiger partial charge < -0.3 is 9.32 Å². The summed E-state index contributed by atoms with van der Waals surface area (Å²) in [4.78, 5) is 15.9. The molecule has 3 heterocycles. The van der Waals surface area contributed by atoms with Gasteiger partial charge in [0.2, 0.25) is 5.22 Å². The van der Waals surface area contributed by atoms with E-state index in [0.717, 1.165) is 19.4 Å². The number of nitrogens with zero attached hydrogens (tertiary/aromatic N) is 1. The first-order valence-electron chi connectivity index (χ1n) is 6.32. The van der Waals surface area contributed by atoms with Crippen LogP contribution in [0.4, 0.5) is 0 Å². The molecule has 2 aromatic rings. The zero-order valence-electron chi connectivity index (χ0n) is 10.6. The number of fused-ring (bicyclic) bond motifs is 1. The van der Waals surface area contributed by atoms with E-state index in [1.54, 1.807) is 17.4 Å². The zero-order valence-corrected chi connectivity index (χ0v) is 12.1. The van der Waals surface area contributed by atoms with Gasteiger partial charge in [-0.1, -0.05) is 6.92 Å². The van der Waals surface area contributed by atoms with Gasteiger partial charge in [-0.05, 0) is 47.5 Å². The third-order valence-corrected chi connectivity index (χ3v) is 4.88. The van der Waals surface area contributed by atoms with E-state index < -0.39 is 0 Å². The first-order chi connectivity index (χ1) is 9.22. The van der Waals surface area contributed by atoms with Gasteiger partial charge in [-0.3, -0.25) is 4.79 Å². The molecular formula is C14H14ClNO2S. The second-order valence-corrected chi connectivity index (χ2v) is 5.92. The van der Waals surface area contributed by atoms with Crippen molar-refractivity contribution in [3.63, 3.8) is 0 Å². The number of thiophene rings is 1. The summed E-state index contributed by atoms with van der Waals surface area (Å²) >= 11 is 7.69. The molecule has 0 saturated heterocycles. The van der Waals surface area contributed by atoms with Gasteiger partial charge in [0, 0.05) is 11.4 Å². The summed E-state index contributed by atoms with van der Waals surface area (Å²) in [7, 11) is 0. The number of furan rings is 1. The Morgan fingerprint density at radius 2 is 2.42 bits per heavy atom. The van der Waals surface area contributed by atoms with Crippen LogP contribution in [0.3, 0.4) is 0 Å². The fourth-order valence-corrected chi connectivity index (χ4v) is 3.80. The molecule has 1 unspecified atom stereocenters. The van der Waals surface area contributed by atoms with Gasteiger partial charge in [0.1, 0.15) is 0 Å². The number of hydrogen-bond acceptors (Lipinski definition) is 3. The Hall–Kier alpha value is -1.26. The zero-order chi connectivity index (χ0) is 13.4. The maximum atomic E-state index is 12.6. The topological polar surface area (TPSA) is 33.5 Å². The van der Waals surface area contributed by atoms with Crippen molar-refractivity contribution in [3.05, 3.63) is 45.0 Å². The lowest BCUT2D eigenvalue weighted by Crippen LogP contribution is -2.39. The van der Waals surface area contributed by atoms with Gasteiger partial charge in [0.25, 0.3) is 5.91 Å². The average molecular weight is 296 g/mol. The molecule has 0 bridgehead atoms. The van der Waals surface area contributed by atoms with Gasteiger partial charge >= 0.3 is 0 Å². The summed E-state index contributed by atoms with van der Waals surface area (Å²) in [6.07, 6.45) is 3.28. The second kappa shape index (κ2) is 5.02. The molecule has 1 aliphatic heterocycles. The number of carbonyl (C=O) groups is 1. The van der Waals surface area contributed by atoms with Gasteiger partial charge in [0.05, 0.1) is 17.9 Å². The molecule has 0 aliphatic carbocycles. The third kappa shape index (κ3) is 2.09. The Kier molecular flexibility index (Phi) is 3.37. The molecule has 1 atom stereocenters. The molecule has 19 heavy (non-hydrogen) atoms. The predicted octanol–water partition coefficient (Wildman–Crippen LogP) is 4.14. The molecule has 0 N–H and O–H groups in total. The Balaban J connectivity index is 1.94. The molecule has 1 amide bonds. The van der Waals surface area contributed by atoms with Crippen molar-refractivity contribution in [2.45, 2.75) is 25.8 Å². The van der Waals surface area contributed by atoms with Crippen LogP contribution in [0.15, 0.2) is 28.2 Å². The highest BCUT2D eigenvalue weighted by molar-refractivity contribution is 7.10. The van der Waals surface area contributed by atoms with Crippen LogP contribution in [0.25, 0.3) is 0 Å². The van der Waals surface area contributed by atoms with Gasteiger partial charge in [-0.25, -0.2) is 0 Å². The molecular weight excluding hydrogens is 282 g/mol. The molecule has 3 nitrogen and oxygen atoms in total. The number of rotatable bonds is 2. The Bertz CT molecular complexity index is 604. The molecule has 0 spiro atoms. The van der Waals surface area contributed by atoms with E-state index in [1.165, 1.54) is 16.7 Å². The van der Waals surface area contributed by atoms with Crippen LogP contribution < -0.4 is 0 Å². The lowest BCUT2D eigenvalue weighted by molar-refractivity contribution is 0.0657. The van der Waals surface area contributed by atoms with Gasteiger partial charge in [-0.15, -0.1) is 11.3 Å². The number of hydrogen-bond donors (Lipinski definition) is 0. The molecule has 100 valence electrons. The molecule has 0 aromatic carbocycles. The van der Waals surface area contributed by atoms with E-state index in [1.807, 2.05) is 4.90 Å². The summed E-state index contributed by atoms with van der Waals surface area (Å²) in [5.41, 5.74) is 1.74. The lowest BCUT2D eigenvalue weighted by Gasteiger charge is -2.35. The van der Waals surface area contributed by atoms with Crippen LogP contribution in [0, 0.1) is 0 Å². The normalized spacial score (nSPS) is 18.4. The van der Waals surface area contributed by atoms with Crippen LogP contribution in [0.5, 0.6) is 0 Å². The van der Waals surface area contributed by atoms with Crippen molar-refractivity contribution >= 4 is 28.8 Å². The summed E-state index contributed by atoms with van der Waals surface area (Å²) in [6, 6.07) is 3.92. The molecule has 1 aliphatic rings. The third-order valence-electron chi connectivity index (χ3n) is 3.59. The Morgan fingerprint density at radius 1 is 1.58 bits per heavy atom. The van der Waals surface area contributed by atoms with E-state index in [4.69, 9.17) is 16.0 Å². The van der Waals surface area contributed by atoms with Crippen molar-refractivity contribution in [1.29, 1.82) is 0 Å². The first-order valence-corrected chi connectivity index (χ1v) is 7.58. The van der Waals surface area contributed by atoms with Crippen molar-refractivity contribution in [3.8, 4) is 0 Å². The fourth-order valence-electron chi connectivity index (χ4n) is 2.68. The smallest absolute Gasteiger partial charge is 0.259 e. The van der Waals surface area contributed by atoms with E-state index in [2.05, 4.69) is 18.4 Å². The van der Waals surface area contributed by atoms with Crippen molar-refractivity contribution in [2.24, 2.45) is 0 Å². The van der Waals surface area contributed by atoms with Crippen molar-refractivity contribution in [2.75, 3.05) is 6.54 Å². The molecule has 0 saturated carbocycles. The summed E-state index contributed by atoms with van der Waals surface area (Å²) in [6.45, 7) is 2.85. The number of carbonyl (C=O) groups excluding carboxylic acids is 1. The van der Waals surface area contributed by atoms with Gasteiger partial charge in [0.15, 0.2) is 0 Å². The minimum atomic E-state index is -0.0394. The second-order valence-electron chi connectivity index (χ2n) is 4.58. The monoisotopic (exact) mass is 295 g/mol. The van der Waals surface area contributed by atoms with E-state index in [-0.39, 0.29) is 17.2 Å². The van der Waals surface area contributed by atoms with Gasteiger partial charge in [-0.2, -0.15) is 0 Å². The molecule has 5 heteroatoms. The lowest BCUT2D eigenvalue weighted by atomic mass is 9.97. The minimum absolute atomic E-state index is 0.0394. The molecule has 3 rings (SSSR count). The standard InChI is InChI=1S/C14H14ClNO2S/c1-2-11-9-5-8-19-12(9)3-6-16(11)14(17)10-4-7-18-13(10)15/h4-5,7-8,11H,2-3,6H2,1H3. The maximum absolute atomic E-state index is 12.6. The maximum Gasteiger partial charge on any atom is 0.259 e. The van der Waals surface area contributed by atoms with E-state index >= 15 is 0 Å². The molecule has 0 fully saturated rings. The van der Waals surface area contributed by atoms with Crippen molar-refractivity contribution in [1.82, 2.24) is 4.90 Å². The largest absolute Gasteiger partial charge is 0.452 e.